The van der Waals surface area contributed by atoms with Gasteiger partial charge in [-0.1, -0.05) is 12.1 Å². The predicted molar refractivity (Wildman–Crippen MR) is 85.5 cm³/mol. The van der Waals surface area contributed by atoms with E-state index in [1.165, 1.54) is 12.1 Å². The number of hydrogen-bond donors (Lipinski definition) is 1. The van der Waals surface area contributed by atoms with Crippen molar-refractivity contribution in [2.24, 2.45) is 0 Å². The summed E-state index contributed by atoms with van der Waals surface area (Å²) in [6.45, 7) is 1.57. The van der Waals surface area contributed by atoms with Crippen molar-refractivity contribution in [2.75, 3.05) is 39.0 Å². The molecule has 0 aliphatic carbocycles. The molecule has 1 N–H and O–H groups in total. The number of rotatable bonds is 7. The number of carbonyl (C=O) groups is 1. The lowest BCUT2D eigenvalue weighted by molar-refractivity contribution is -0.137. The summed E-state index contributed by atoms with van der Waals surface area (Å²) in [5.74, 6) is -1.50. The molecule has 1 heterocycles. The van der Waals surface area contributed by atoms with E-state index in [0.717, 1.165) is 16.1 Å². The van der Waals surface area contributed by atoms with Crippen LogP contribution in [-0.2, 0) is 26.1 Å². The van der Waals surface area contributed by atoms with E-state index < -0.39 is 28.6 Å². The molecule has 1 aliphatic heterocycles. The predicted octanol–water partition coefficient (Wildman–Crippen LogP) is 0.373. The fourth-order valence-electron chi connectivity index (χ4n) is 2.58. The second-order valence-electron chi connectivity index (χ2n) is 5.80. The van der Waals surface area contributed by atoms with Gasteiger partial charge in [0.2, 0.25) is 10.0 Å². The molecule has 1 fully saturated rings. The average molecular weight is 360 g/mol. The Bertz CT molecular complexity index is 665. The Balaban J connectivity index is 1.96. The minimum Gasteiger partial charge on any atom is -0.480 e. The highest BCUT2D eigenvalue weighted by Gasteiger charge is 2.28. The Morgan fingerprint density at radius 2 is 2.08 bits per heavy atom. The Labute approximate surface area is 140 Å². The third-order valence-electron chi connectivity index (χ3n) is 3.73. The van der Waals surface area contributed by atoms with Gasteiger partial charge in [0.1, 0.15) is 12.4 Å². The highest BCUT2D eigenvalue weighted by atomic mass is 32.2. The number of carboxylic acid groups (broad SMARTS) is 1. The molecule has 134 valence electrons. The fourth-order valence-corrected chi connectivity index (χ4v) is 3.36. The largest absolute Gasteiger partial charge is 0.480 e. The second kappa shape index (κ2) is 8.02. The van der Waals surface area contributed by atoms with Crippen molar-refractivity contribution >= 4 is 16.0 Å². The van der Waals surface area contributed by atoms with Crippen LogP contribution in [0.25, 0.3) is 0 Å². The van der Waals surface area contributed by atoms with E-state index in [2.05, 4.69) is 4.90 Å². The van der Waals surface area contributed by atoms with E-state index in [1.54, 1.807) is 12.1 Å². The van der Waals surface area contributed by atoms with Crippen LogP contribution in [0.5, 0.6) is 0 Å². The maximum absolute atomic E-state index is 12.9. The van der Waals surface area contributed by atoms with Gasteiger partial charge in [-0.25, -0.2) is 12.8 Å². The second-order valence-corrected chi connectivity index (χ2v) is 7.79. The standard InChI is InChI=1S/C15H21FN2O5S/c1-24(21,22)18(11-15(19)20)10-14-9-17(6-7-23-14)8-12-2-4-13(16)5-3-12/h2-5,14H,6-11H2,1H3,(H,19,20). The minimum absolute atomic E-state index is 0.00888. The lowest BCUT2D eigenvalue weighted by Gasteiger charge is -2.34. The summed E-state index contributed by atoms with van der Waals surface area (Å²) in [7, 11) is -3.63. The van der Waals surface area contributed by atoms with E-state index in [9.17, 15) is 17.6 Å². The summed E-state index contributed by atoms with van der Waals surface area (Å²) in [6.07, 6.45) is 0.572. The first-order chi connectivity index (χ1) is 11.2. The minimum atomic E-state index is -3.63. The van der Waals surface area contributed by atoms with Gasteiger partial charge in [0.05, 0.1) is 19.0 Å². The number of morpholine rings is 1. The molecular formula is C15H21FN2O5S. The Morgan fingerprint density at radius 1 is 1.42 bits per heavy atom. The summed E-state index contributed by atoms with van der Waals surface area (Å²) in [6, 6.07) is 6.19. The first-order valence-corrected chi connectivity index (χ1v) is 9.34. The summed E-state index contributed by atoms with van der Waals surface area (Å²) < 4.78 is 42.8. The van der Waals surface area contributed by atoms with Crippen LogP contribution in [0.1, 0.15) is 5.56 Å². The van der Waals surface area contributed by atoms with Gasteiger partial charge in [0.15, 0.2) is 0 Å². The highest BCUT2D eigenvalue weighted by Crippen LogP contribution is 2.13. The van der Waals surface area contributed by atoms with Crippen molar-refractivity contribution in [3.05, 3.63) is 35.6 Å². The number of aliphatic carboxylic acids is 1. The van der Waals surface area contributed by atoms with Crippen LogP contribution in [0, 0.1) is 5.82 Å². The third kappa shape index (κ3) is 5.82. The number of benzene rings is 1. The zero-order valence-electron chi connectivity index (χ0n) is 13.4. The Kier molecular flexibility index (Phi) is 6.27. The van der Waals surface area contributed by atoms with Gasteiger partial charge in [0, 0.05) is 26.2 Å². The normalized spacial score (nSPS) is 19.5. The van der Waals surface area contributed by atoms with E-state index in [4.69, 9.17) is 9.84 Å². The zero-order valence-corrected chi connectivity index (χ0v) is 14.2. The van der Waals surface area contributed by atoms with Crippen LogP contribution >= 0.6 is 0 Å². The monoisotopic (exact) mass is 360 g/mol. The first-order valence-electron chi connectivity index (χ1n) is 7.49. The summed E-state index contributed by atoms with van der Waals surface area (Å²) >= 11 is 0. The number of nitrogens with zero attached hydrogens (tertiary/aromatic N) is 2. The molecular weight excluding hydrogens is 339 g/mol. The summed E-state index contributed by atoms with van der Waals surface area (Å²) in [5, 5.41) is 8.86. The Morgan fingerprint density at radius 3 is 2.67 bits per heavy atom. The van der Waals surface area contributed by atoms with Crippen molar-refractivity contribution in [3.63, 3.8) is 0 Å². The van der Waals surface area contributed by atoms with E-state index in [0.29, 0.717) is 26.2 Å². The fraction of sp³-hybridized carbons (Fsp3) is 0.533. The molecule has 9 heteroatoms. The molecule has 1 aromatic rings. The maximum atomic E-state index is 12.9. The van der Waals surface area contributed by atoms with Gasteiger partial charge in [0.25, 0.3) is 0 Å². The number of carboxylic acids is 1. The van der Waals surface area contributed by atoms with Crippen molar-refractivity contribution in [2.45, 2.75) is 12.6 Å². The van der Waals surface area contributed by atoms with Gasteiger partial charge in [-0.3, -0.25) is 9.69 Å². The molecule has 0 aromatic heterocycles. The smallest absolute Gasteiger partial charge is 0.318 e. The van der Waals surface area contributed by atoms with E-state index in [1.807, 2.05) is 0 Å². The van der Waals surface area contributed by atoms with Crippen LogP contribution in [-0.4, -0.2) is 73.8 Å². The van der Waals surface area contributed by atoms with Crippen molar-refractivity contribution in [1.82, 2.24) is 9.21 Å². The van der Waals surface area contributed by atoms with E-state index in [-0.39, 0.29) is 12.4 Å². The topological polar surface area (TPSA) is 87.2 Å². The molecule has 1 saturated heterocycles. The lowest BCUT2D eigenvalue weighted by Crippen LogP contribution is -2.49. The van der Waals surface area contributed by atoms with Crippen LogP contribution in [0.2, 0.25) is 0 Å². The molecule has 0 saturated carbocycles. The number of sulfonamides is 1. The average Bonchev–Trinajstić information content (AvgIpc) is 2.48. The highest BCUT2D eigenvalue weighted by molar-refractivity contribution is 7.88. The molecule has 0 amide bonds. The number of ether oxygens (including phenoxy) is 1. The molecule has 0 bridgehead atoms. The van der Waals surface area contributed by atoms with Gasteiger partial charge in [-0.15, -0.1) is 0 Å². The van der Waals surface area contributed by atoms with Crippen LogP contribution in [0.3, 0.4) is 0 Å². The van der Waals surface area contributed by atoms with Crippen molar-refractivity contribution in [3.8, 4) is 0 Å². The molecule has 0 spiro atoms. The molecule has 1 aromatic carbocycles. The molecule has 7 nitrogen and oxygen atoms in total. The molecule has 1 unspecified atom stereocenters. The lowest BCUT2D eigenvalue weighted by atomic mass is 10.2. The van der Waals surface area contributed by atoms with Crippen LogP contribution in [0.4, 0.5) is 4.39 Å². The molecule has 1 aliphatic rings. The maximum Gasteiger partial charge on any atom is 0.318 e. The van der Waals surface area contributed by atoms with Gasteiger partial charge >= 0.3 is 5.97 Å². The van der Waals surface area contributed by atoms with E-state index >= 15 is 0 Å². The number of hydrogen-bond acceptors (Lipinski definition) is 5. The quantitative estimate of drug-likeness (QED) is 0.756. The van der Waals surface area contributed by atoms with Gasteiger partial charge < -0.3 is 9.84 Å². The van der Waals surface area contributed by atoms with Crippen molar-refractivity contribution in [1.29, 1.82) is 0 Å². The summed E-state index contributed by atoms with van der Waals surface area (Å²) in [4.78, 5) is 12.9. The van der Waals surface area contributed by atoms with Crippen molar-refractivity contribution < 1.29 is 27.4 Å². The SMILES string of the molecule is CS(=O)(=O)N(CC(=O)O)CC1CN(Cc2ccc(F)cc2)CCO1. The number of halogens is 1. The molecule has 24 heavy (non-hydrogen) atoms. The molecule has 1 atom stereocenters. The first kappa shape index (κ1) is 18.8. The molecule has 2 rings (SSSR count). The third-order valence-corrected chi connectivity index (χ3v) is 4.95. The Hall–Kier alpha value is -1.55. The van der Waals surface area contributed by atoms with Crippen LogP contribution in [0.15, 0.2) is 24.3 Å². The molecule has 0 radical (unpaired) electrons. The van der Waals surface area contributed by atoms with Crippen LogP contribution < -0.4 is 0 Å². The van der Waals surface area contributed by atoms with Gasteiger partial charge in [-0.05, 0) is 17.7 Å². The zero-order chi connectivity index (χ0) is 17.7. The van der Waals surface area contributed by atoms with Gasteiger partial charge in [-0.2, -0.15) is 4.31 Å². The summed E-state index contributed by atoms with van der Waals surface area (Å²) in [5.41, 5.74) is 0.947.